The zero-order chi connectivity index (χ0) is 19.2. The van der Waals surface area contributed by atoms with Crippen molar-refractivity contribution in [2.45, 2.75) is 32.6 Å². The van der Waals surface area contributed by atoms with E-state index in [1.165, 1.54) is 6.42 Å². The number of carbonyl (C=O) groups is 2. The monoisotopic (exact) mass is 366 g/mol. The molecular weight excluding hydrogens is 340 g/mol. The Morgan fingerprint density at radius 1 is 1.04 bits per heavy atom. The molecule has 2 amide bonds. The molecular formula is C22H26N2O3. The van der Waals surface area contributed by atoms with Gasteiger partial charge in [-0.3, -0.25) is 9.59 Å². The standard InChI is InChI=1S/C22H26N2O3/c1-16-14-17(6-11-20(16)27-2)15-21(25)23-19-9-7-18(8-10-19)22(26)24-12-4-3-5-13-24/h6-11,14H,3-5,12-13,15H2,1-2H3,(H,23,25). The van der Waals surface area contributed by atoms with Crippen LogP contribution < -0.4 is 10.1 Å². The molecule has 5 heteroatoms. The molecule has 1 aliphatic heterocycles. The maximum atomic E-state index is 12.5. The smallest absolute Gasteiger partial charge is 0.253 e. The first kappa shape index (κ1) is 19.0. The van der Waals surface area contributed by atoms with Gasteiger partial charge in [0.05, 0.1) is 13.5 Å². The highest BCUT2D eigenvalue weighted by Gasteiger charge is 2.18. The molecule has 0 aliphatic carbocycles. The van der Waals surface area contributed by atoms with E-state index in [2.05, 4.69) is 5.32 Å². The fraction of sp³-hybridized carbons (Fsp3) is 0.364. The van der Waals surface area contributed by atoms with E-state index in [1.807, 2.05) is 30.0 Å². The number of ether oxygens (including phenoxy) is 1. The Morgan fingerprint density at radius 2 is 1.74 bits per heavy atom. The van der Waals surface area contributed by atoms with Crippen molar-refractivity contribution in [1.29, 1.82) is 0 Å². The third-order valence-electron chi connectivity index (χ3n) is 4.88. The number of rotatable bonds is 5. The van der Waals surface area contributed by atoms with Gasteiger partial charge < -0.3 is 15.0 Å². The molecule has 2 aromatic carbocycles. The summed E-state index contributed by atoms with van der Waals surface area (Å²) in [5.74, 6) is 0.795. The fourth-order valence-electron chi connectivity index (χ4n) is 3.42. The van der Waals surface area contributed by atoms with Crippen LogP contribution in [0, 0.1) is 6.92 Å². The third-order valence-corrected chi connectivity index (χ3v) is 4.88. The van der Waals surface area contributed by atoms with Gasteiger partial charge in [0.15, 0.2) is 0 Å². The molecule has 1 fully saturated rings. The first-order chi connectivity index (χ1) is 13.1. The molecule has 1 N–H and O–H groups in total. The van der Waals surface area contributed by atoms with Crippen molar-refractivity contribution in [2.24, 2.45) is 0 Å². The average Bonchev–Trinajstić information content (AvgIpc) is 2.69. The molecule has 5 nitrogen and oxygen atoms in total. The number of carbonyl (C=O) groups excluding carboxylic acids is 2. The number of benzene rings is 2. The summed E-state index contributed by atoms with van der Waals surface area (Å²) in [6.45, 7) is 3.62. The van der Waals surface area contributed by atoms with Crippen LogP contribution in [0.3, 0.4) is 0 Å². The predicted octanol–water partition coefficient (Wildman–Crippen LogP) is 3.81. The van der Waals surface area contributed by atoms with Crippen molar-refractivity contribution in [3.63, 3.8) is 0 Å². The highest BCUT2D eigenvalue weighted by atomic mass is 16.5. The van der Waals surface area contributed by atoms with Gasteiger partial charge in [0.2, 0.25) is 5.91 Å². The van der Waals surface area contributed by atoms with Crippen molar-refractivity contribution >= 4 is 17.5 Å². The summed E-state index contributed by atoms with van der Waals surface area (Å²) in [7, 11) is 1.63. The lowest BCUT2D eigenvalue weighted by atomic mass is 10.1. The number of nitrogens with one attached hydrogen (secondary N) is 1. The number of likely N-dealkylation sites (tertiary alicyclic amines) is 1. The van der Waals surface area contributed by atoms with Crippen LogP contribution in [0.15, 0.2) is 42.5 Å². The van der Waals surface area contributed by atoms with Crippen LogP contribution in [0.4, 0.5) is 5.69 Å². The molecule has 0 radical (unpaired) electrons. The van der Waals surface area contributed by atoms with Crippen LogP contribution >= 0.6 is 0 Å². The minimum atomic E-state index is -0.0883. The Balaban J connectivity index is 1.58. The lowest BCUT2D eigenvalue weighted by molar-refractivity contribution is -0.115. The van der Waals surface area contributed by atoms with Gasteiger partial charge in [-0.05, 0) is 67.6 Å². The number of anilines is 1. The second-order valence-corrected chi connectivity index (χ2v) is 6.96. The first-order valence-corrected chi connectivity index (χ1v) is 9.39. The summed E-state index contributed by atoms with van der Waals surface area (Å²) in [4.78, 5) is 26.7. The van der Waals surface area contributed by atoms with Gasteiger partial charge in [0.1, 0.15) is 5.75 Å². The molecule has 0 atom stereocenters. The van der Waals surface area contributed by atoms with Gasteiger partial charge in [-0.2, -0.15) is 0 Å². The molecule has 142 valence electrons. The van der Waals surface area contributed by atoms with Gasteiger partial charge in [0.25, 0.3) is 5.91 Å². The van der Waals surface area contributed by atoms with Crippen LogP contribution in [0.2, 0.25) is 0 Å². The topological polar surface area (TPSA) is 58.6 Å². The minimum Gasteiger partial charge on any atom is -0.496 e. The Kier molecular flexibility index (Phi) is 6.12. The summed E-state index contributed by atoms with van der Waals surface area (Å²) in [5.41, 5.74) is 3.30. The van der Waals surface area contributed by atoms with Crippen LogP contribution in [-0.2, 0) is 11.2 Å². The number of methoxy groups -OCH3 is 1. The van der Waals surface area contributed by atoms with E-state index < -0.39 is 0 Å². The second-order valence-electron chi connectivity index (χ2n) is 6.96. The van der Waals surface area contributed by atoms with Crippen LogP contribution in [0.1, 0.15) is 40.7 Å². The van der Waals surface area contributed by atoms with Crippen molar-refractivity contribution in [3.8, 4) is 5.75 Å². The Hall–Kier alpha value is -2.82. The highest BCUT2D eigenvalue weighted by molar-refractivity contribution is 5.96. The molecule has 0 aromatic heterocycles. The van der Waals surface area contributed by atoms with E-state index in [-0.39, 0.29) is 11.8 Å². The number of aryl methyl sites for hydroxylation is 1. The van der Waals surface area contributed by atoms with Crippen LogP contribution in [0.25, 0.3) is 0 Å². The zero-order valence-corrected chi connectivity index (χ0v) is 16.0. The molecule has 0 spiro atoms. The highest BCUT2D eigenvalue weighted by Crippen LogP contribution is 2.19. The van der Waals surface area contributed by atoms with E-state index in [0.717, 1.165) is 42.8 Å². The van der Waals surface area contributed by atoms with Crippen molar-refractivity contribution < 1.29 is 14.3 Å². The Morgan fingerprint density at radius 3 is 2.37 bits per heavy atom. The van der Waals surface area contributed by atoms with E-state index in [9.17, 15) is 9.59 Å². The molecule has 2 aromatic rings. The van der Waals surface area contributed by atoms with E-state index in [1.54, 1.807) is 31.4 Å². The first-order valence-electron chi connectivity index (χ1n) is 9.39. The van der Waals surface area contributed by atoms with E-state index >= 15 is 0 Å². The zero-order valence-electron chi connectivity index (χ0n) is 16.0. The maximum absolute atomic E-state index is 12.5. The van der Waals surface area contributed by atoms with Crippen molar-refractivity contribution in [3.05, 3.63) is 59.2 Å². The summed E-state index contributed by atoms with van der Waals surface area (Å²) < 4.78 is 5.24. The van der Waals surface area contributed by atoms with Crippen LogP contribution in [0.5, 0.6) is 5.75 Å². The molecule has 1 heterocycles. The predicted molar refractivity (Wildman–Crippen MR) is 106 cm³/mol. The second kappa shape index (κ2) is 8.71. The Labute approximate surface area is 160 Å². The van der Waals surface area contributed by atoms with Crippen molar-refractivity contribution in [2.75, 3.05) is 25.5 Å². The number of hydrogen-bond donors (Lipinski definition) is 1. The number of nitrogens with zero attached hydrogens (tertiary/aromatic N) is 1. The van der Waals surface area contributed by atoms with Gasteiger partial charge in [-0.25, -0.2) is 0 Å². The van der Waals surface area contributed by atoms with Gasteiger partial charge in [-0.15, -0.1) is 0 Å². The third kappa shape index (κ3) is 4.88. The molecule has 3 rings (SSSR count). The number of amides is 2. The molecule has 27 heavy (non-hydrogen) atoms. The number of hydrogen-bond acceptors (Lipinski definition) is 3. The largest absolute Gasteiger partial charge is 0.496 e. The molecule has 0 bridgehead atoms. The quantitative estimate of drug-likeness (QED) is 0.875. The maximum Gasteiger partial charge on any atom is 0.253 e. The van der Waals surface area contributed by atoms with Crippen molar-refractivity contribution in [1.82, 2.24) is 4.90 Å². The van der Waals surface area contributed by atoms with E-state index in [4.69, 9.17) is 4.74 Å². The summed E-state index contributed by atoms with van der Waals surface area (Å²) in [6, 6.07) is 12.9. The number of piperidine rings is 1. The Bertz CT molecular complexity index is 809. The lowest BCUT2D eigenvalue weighted by Crippen LogP contribution is -2.35. The van der Waals surface area contributed by atoms with Gasteiger partial charge in [-0.1, -0.05) is 12.1 Å². The SMILES string of the molecule is COc1ccc(CC(=O)Nc2ccc(C(=O)N3CCCCC3)cc2)cc1C. The van der Waals surface area contributed by atoms with Crippen LogP contribution in [-0.4, -0.2) is 36.9 Å². The fourth-order valence-corrected chi connectivity index (χ4v) is 3.42. The molecule has 0 saturated carbocycles. The van der Waals surface area contributed by atoms with E-state index in [0.29, 0.717) is 17.7 Å². The minimum absolute atomic E-state index is 0.0706. The molecule has 0 unspecified atom stereocenters. The summed E-state index contributed by atoms with van der Waals surface area (Å²) in [5, 5.41) is 2.89. The lowest BCUT2D eigenvalue weighted by Gasteiger charge is -2.26. The average molecular weight is 366 g/mol. The summed E-state index contributed by atoms with van der Waals surface area (Å²) >= 11 is 0. The van der Waals surface area contributed by atoms with Gasteiger partial charge in [0, 0.05) is 24.3 Å². The normalized spacial score (nSPS) is 13.9. The molecule has 1 saturated heterocycles. The van der Waals surface area contributed by atoms with Gasteiger partial charge >= 0.3 is 0 Å². The summed E-state index contributed by atoms with van der Waals surface area (Å²) in [6.07, 6.45) is 3.64. The molecule has 1 aliphatic rings.